The molecule has 3 aliphatic rings. The van der Waals surface area contributed by atoms with Crippen LogP contribution in [0.1, 0.15) is 11.1 Å². The van der Waals surface area contributed by atoms with E-state index in [1.807, 2.05) is 0 Å². The van der Waals surface area contributed by atoms with Gasteiger partial charge in [-0.05, 0) is 86.8 Å². The number of ether oxygens (including phenoxy) is 1. The zero-order valence-electron chi connectivity index (χ0n) is 27.9. The highest BCUT2D eigenvalue weighted by molar-refractivity contribution is 6.10. The molecule has 6 heterocycles. The van der Waals surface area contributed by atoms with Crippen LogP contribution in [0.15, 0.2) is 170 Å². The smallest absolute Gasteiger partial charge is 0.397 e. The third-order valence-electron chi connectivity index (χ3n) is 11.8. The second-order valence-electron chi connectivity index (χ2n) is 14.2. The molecule has 0 fully saturated rings. The molecule has 0 saturated heterocycles. The maximum Gasteiger partial charge on any atom is 0.397 e. The van der Waals surface area contributed by atoms with Gasteiger partial charge in [0.05, 0.1) is 23.3 Å². The molecular formula is C47H28N4O+2. The fourth-order valence-corrected chi connectivity index (χ4v) is 9.81. The van der Waals surface area contributed by atoms with Crippen LogP contribution in [0, 0.1) is 0 Å². The first-order chi connectivity index (χ1) is 25.8. The summed E-state index contributed by atoms with van der Waals surface area (Å²) in [4.78, 5) is 0. The Bertz CT molecular complexity index is 3230. The molecule has 0 N–H and O–H groups in total. The second kappa shape index (κ2) is 9.22. The standard InChI is InChI=1S/C47H28N4O/c1-2-13-31-29(11-1)12-7-17-34(31)36-25-24-32(33-14-3-4-15-35(33)36)30-27-49-40-20-8-22-42-44(40)47(50(49)28-30)45-41(21-9-23-43(45)52-42)51-39-19-6-5-16-37(39)38-18-10-26-48(47)46(38)51/h1-28H/q+2. The lowest BCUT2D eigenvalue weighted by Gasteiger charge is -2.32. The van der Waals surface area contributed by atoms with Crippen molar-refractivity contribution in [1.82, 2.24) is 9.25 Å². The molecule has 0 amide bonds. The fourth-order valence-electron chi connectivity index (χ4n) is 9.81. The molecule has 1 unspecified atom stereocenters. The topological polar surface area (TPSA) is 26.8 Å². The molecule has 240 valence electrons. The van der Waals surface area contributed by atoms with Crippen molar-refractivity contribution in [2.75, 3.05) is 0 Å². The molecular weight excluding hydrogens is 637 g/mol. The van der Waals surface area contributed by atoms with E-state index < -0.39 is 5.66 Å². The first-order valence-corrected chi connectivity index (χ1v) is 17.9. The van der Waals surface area contributed by atoms with Gasteiger partial charge in [-0.3, -0.25) is 0 Å². The SMILES string of the molecule is c1cc2c3c(c1)-n1c4ccccc4c4ccc[n+](c41)C31c3c(cccc3-n3cc(-c4ccc(-c5cccc6ccccc56)c5ccccc45)c[n+]31)O2. The van der Waals surface area contributed by atoms with Gasteiger partial charge < -0.3 is 4.74 Å². The number of rotatable bonds is 2. The van der Waals surface area contributed by atoms with Crippen molar-refractivity contribution in [1.29, 1.82) is 0 Å². The van der Waals surface area contributed by atoms with Gasteiger partial charge in [0.1, 0.15) is 28.3 Å². The van der Waals surface area contributed by atoms with E-state index in [0.29, 0.717) is 0 Å². The summed E-state index contributed by atoms with van der Waals surface area (Å²) in [5.74, 6) is 1.77. The number of pyridine rings is 1. The molecule has 0 aliphatic carbocycles. The molecule has 1 spiro atoms. The lowest BCUT2D eigenvalue weighted by Crippen LogP contribution is -2.76. The summed E-state index contributed by atoms with van der Waals surface area (Å²) in [5.41, 5.74) is 11.1. The van der Waals surface area contributed by atoms with Crippen molar-refractivity contribution >= 4 is 43.5 Å². The second-order valence-corrected chi connectivity index (χ2v) is 14.2. The lowest BCUT2D eigenvalue weighted by molar-refractivity contribution is -0.987. The van der Waals surface area contributed by atoms with Crippen LogP contribution in [0.2, 0.25) is 0 Å². The average molecular weight is 665 g/mol. The Balaban J connectivity index is 1.13. The van der Waals surface area contributed by atoms with E-state index in [9.17, 15) is 0 Å². The van der Waals surface area contributed by atoms with Crippen molar-refractivity contribution in [3.63, 3.8) is 0 Å². The number of para-hydroxylation sites is 1. The van der Waals surface area contributed by atoms with Crippen LogP contribution in [-0.2, 0) is 5.66 Å². The molecule has 5 heteroatoms. The van der Waals surface area contributed by atoms with E-state index in [1.54, 1.807) is 0 Å². The number of hydrogen-bond acceptors (Lipinski definition) is 1. The van der Waals surface area contributed by atoms with Gasteiger partial charge in [0.15, 0.2) is 11.3 Å². The monoisotopic (exact) mass is 664 g/mol. The highest BCUT2D eigenvalue weighted by Gasteiger charge is 2.68. The Morgan fingerprint density at radius 1 is 0.500 bits per heavy atom. The predicted octanol–water partition coefficient (Wildman–Crippen LogP) is 9.82. The third kappa shape index (κ3) is 3.00. The molecule has 3 aromatic heterocycles. The van der Waals surface area contributed by atoms with E-state index in [4.69, 9.17) is 4.74 Å². The van der Waals surface area contributed by atoms with E-state index in [2.05, 4.69) is 189 Å². The summed E-state index contributed by atoms with van der Waals surface area (Å²) >= 11 is 0. The Morgan fingerprint density at radius 2 is 1.13 bits per heavy atom. The predicted molar refractivity (Wildman–Crippen MR) is 204 cm³/mol. The highest BCUT2D eigenvalue weighted by Crippen LogP contribution is 2.54. The number of nitrogens with zero attached hydrogens (tertiary/aromatic N) is 4. The molecule has 0 radical (unpaired) electrons. The average Bonchev–Trinajstić information content (AvgIpc) is 3.87. The Labute approximate surface area is 298 Å². The van der Waals surface area contributed by atoms with Crippen LogP contribution >= 0.6 is 0 Å². The van der Waals surface area contributed by atoms with Crippen LogP contribution in [-0.4, -0.2) is 9.25 Å². The number of benzene rings is 7. The van der Waals surface area contributed by atoms with E-state index in [1.165, 1.54) is 60.2 Å². The third-order valence-corrected chi connectivity index (χ3v) is 11.8. The lowest BCUT2D eigenvalue weighted by atomic mass is 9.84. The van der Waals surface area contributed by atoms with Gasteiger partial charge >= 0.3 is 11.3 Å². The Kier molecular flexibility index (Phi) is 4.76. The van der Waals surface area contributed by atoms with E-state index in [-0.39, 0.29) is 0 Å². The molecule has 3 aliphatic heterocycles. The minimum Gasteiger partial charge on any atom is -0.456 e. The first kappa shape index (κ1) is 26.8. The highest BCUT2D eigenvalue weighted by atomic mass is 16.5. The van der Waals surface area contributed by atoms with Gasteiger partial charge in [0, 0.05) is 5.39 Å². The van der Waals surface area contributed by atoms with Crippen molar-refractivity contribution in [2.24, 2.45) is 0 Å². The summed E-state index contributed by atoms with van der Waals surface area (Å²) < 4.78 is 16.5. The zero-order valence-corrected chi connectivity index (χ0v) is 27.9. The molecule has 7 aromatic carbocycles. The van der Waals surface area contributed by atoms with Gasteiger partial charge in [0.2, 0.25) is 6.20 Å². The van der Waals surface area contributed by atoms with Crippen LogP contribution < -0.4 is 14.0 Å². The quantitative estimate of drug-likeness (QED) is 0.169. The zero-order chi connectivity index (χ0) is 33.7. The minimum atomic E-state index is -0.711. The minimum absolute atomic E-state index is 0.711. The maximum absolute atomic E-state index is 6.82. The van der Waals surface area contributed by atoms with Crippen molar-refractivity contribution in [3.8, 4) is 45.1 Å². The Morgan fingerprint density at radius 3 is 2.00 bits per heavy atom. The van der Waals surface area contributed by atoms with Gasteiger partial charge in [-0.2, -0.15) is 9.13 Å². The summed E-state index contributed by atoms with van der Waals surface area (Å²) in [7, 11) is 0. The van der Waals surface area contributed by atoms with Gasteiger partial charge in [-0.15, -0.1) is 4.68 Å². The first-order valence-electron chi connectivity index (χ1n) is 17.9. The van der Waals surface area contributed by atoms with Crippen molar-refractivity contribution in [3.05, 3.63) is 181 Å². The van der Waals surface area contributed by atoms with E-state index in [0.717, 1.165) is 39.6 Å². The number of hydrogen-bond donors (Lipinski definition) is 0. The fraction of sp³-hybridized carbons (Fsp3) is 0.0213. The molecule has 13 rings (SSSR count). The van der Waals surface area contributed by atoms with Crippen LogP contribution in [0.4, 0.5) is 0 Å². The summed E-state index contributed by atoms with van der Waals surface area (Å²) in [6.07, 6.45) is 6.93. The number of aromatic nitrogens is 4. The Hall–Kier alpha value is -6.98. The van der Waals surface area contributed by atoms with E-state index >= 15 is 0 Å². The summed E-state index contributed by atoms with van der Waals surface area (Å²) in [6.45, 7) is 0. The molecule has 5 nitrogen and oxygen atoms in total. The normalized spacial score (nSPS) is 15.9. The molecule has 0 bridgehead atoms. The number of fused-ring (bicyclic) bond motifs is 8. The van der Waals surface area contributed by atoms with Crippen LogP contribution in [0.25, 0.3) is 77.1 Å². The molecule has 0 saturated carbocycles. The molecule has 10 aromatic rings. The van der Waals surface area contributed by atoms with Gasteiger partial charge in [-0.1, -0.05) is 108 Å². The largest absolute Gasteiger partial charge is 0.456 e. The van der Waals surface area contributed by atoms with Crippen LogP contribution in [0.3, 0.4) is 0 Å². The van der Waals surface area contributed by atoms with Gasteiger partial charge in [-0.25, -0.2) is 0 Å². The summed E-state index contributed by atoms with van der Waals surface area (Å²) in [6, 6.07) is 55.0. The van der Waals surface area contributed by atoms with Crippen molar-refractivity contribution in [2.45, 2.75) is 5.66 Å². The van der Waals surface area contributed by atoms with Crippen molar-refractivity contribution < 1.29 is 14.0 Å². The van der Waals surface area contributed by atoms with Gasteiger partial charge in [0.25, 0.3) is 0 Å². The summed E-state index contributed by atoms with van der Waals surface area (Å²) in [5, 5.41) is 7.47. The molecule has 52 heavy (non-hydrogen) atoms. The maximum atomic E-state index is 6.82. The molecule has 1 atom stereocenters. The van der Waals surface area contributed by atoms with Crippen LogP contribution in [0.5, 0.6) is 11.5 Å².